The average Bonchev–Trinajstić information content (AvgIpc) is 2.61. The molecule has 0 fully saturated rings. The SMILES string of the molecule is Cc1cc(Nc2cccc(C(=O)NCCN(C)C)c2)c2ccccc2n1. The molecule has 1 heterocycles. The summed E-state index contributed by atoms with van der Waals surface area (Å²) in [6, 6.07) is 17.6. The Morgan fingerprint density at radius 3 is 2.69 bits per heavy atom. The molecule has 2 aromatic carbocycles. The van der Waals surface area contributed by atoms with Gasteiger partial charge in [-0.25, -0.2) is 0 Å². The van der Waals surface area contributed by atoms with Gasteiger partial charge in [-0.2, -0.15) is 0 Å². The molecule has 3 rings (SSSR count). The third kappa shape index (κ3) is 4.37. The Labute approximate surface area is 154 Å². The van der Waals surface area contributed by atoms with Crippen molar-refractivity contribution in [1.82, 2.24) is 15.2 Å². The monoisotopic (exact) mass is 348 g/mol. The van der Waals surface area contributed by atoms with Gasteiger partial charge in [-0.05, 0) is 51.4 Å². The molecule has 0 spiro atoms. The van der Waals surface area contributed by atoms with Crippen molar-refractivity contribution in [3.05, 3.63) is 65.9 Å². The number of pyridine rings is 1. The number of nitrogens with zero attached hydrogens (tertiary/aromatic N) is 2. The van der Waals surface area contributed by atoms with E-state index in [-0.39, 0.29) is 5.91 Å². The lowest BCUT2D eigenvalue weighted by atomic mass is 10.1. The number of aromatic nitrogens is 1. The van der Waals surface area contributed by atoms with Crippen molar-refractivity contribution in [2.24, 2.45) is 0 Å². The third-order valence-corrected chi connectivity index (χ3v) is 4.09. The lowest BCUT2D eigenvalue weighted by Crippen LogP contribution is -2.31. The zero-order valence-electron chi connectivity index (χ0n) is 15.4. The number of fused-ring (bicyclic) bond motifs is 1. The Balaban J connectivity index is 1.80. The molecular weight excluding hydrogens is 324 g/mol. The highest BCUT2D eigenvalue weighted by atomic mass is 16.1. The van der Waals surface area contributed by atoms with Crippen molar-refractivity contribution in [3.8, 4) is 0 Å². The Morgan fingerprint density at radius 1 is 1.08 bits per heavy atom. The van der Waals surface area contributed by atoms with Gasteiger partial charge >= 0.3 is 0 Å². The highest BCUT2D eigenvalue weighted by Crippen LogP contribution is 2.26. The van der Waals surface area contributed by atoms with Gasteiger partial charge in [0.25, 0.3) is 5.91 Å². The first-order valence-corrected chi connectivity index (χ1v) is 8.69. The fourth-order valence-corrected chi connectivity index (χ4v) is 2.80. The molecule has 2 N–H and O–H groups in total. The van der Waals surface area contributed by atoms with Gasteiger partial charge in [-0.15, -0.1) is 0 Å². The number of carbonyl (C=O) groups excluding carboxylic acids is 1. The zero-order valence-corrected chi connectivity index (χ0v) is 15.4. The molecule has 0 saturated heterocycles. The number of carbonyl (C=O) groups is 1. The van der Waals surface area contributed by atoms with Gasteiger partial charge in [-0.1, -0.05) is 24.3 Å². The molecule has 1 aromatic heterocycles. The summed E-state index contributed by atoms with van der Waals surface area (Å²) in [6.45, 7) is 3.41. The summed E-state index contributed by atoms with van der Waals surface area (Å²) in [5.41, 5.74) is 4.40. The number of rotatable bonds is 6. The maximum absolute atomic E-state index is 12.3. The van der Waals surface area contributed by atoms with E-state index in [0.29, 0.717) is 12.1 Å². The molecule has 5 nitrogen and oxygen atoms in total. The maximum Gasteiger partial charge on any atom is 0.251 e. The van der Waals surface area contributed by atoms with Gasteiger partial charge in [0, 0.05) is 41.1 Å². The minimum absolute atomic E-state index is 0.0636. The van der Waals surface area contributed by atoms with Crippen LogP contribution in [-0.2, 0) is 0 Å². The van der Waals surface area contributed by atoms with E-state index < -0.39 is 0 Å². The predicted molar refractivity (Wildman–Crippen MR) is 107 cm³/mol. The Kier molecular flexibility index (Phi) is 5.49. The first kappa shape index (κ1) is 17.9. The van der Waals surface area contributed by atoms with E-state index in [0.717, 1.165) is 34.5 Å². The largest absolute Gasteiger partial charge is 0.355 e. The highest BCUT2D eigenvalue weighted by molar-refractivity contribution is 5.96. The second kappa shape index (κ2) is 7.97. The first-order valence-electron chi connectivity index (χ1n) is 8.69. The molecular formula is C21H24N4O. The van der Waals surface area contributed by atoms with Crippen LogP contribution in [0.2, 0.25) is 0 Å². The standard InChI is InChI=1S/C21H24N4O/c1-15-13-20(18-9-4-5-10-19(18)23-15)24-17-8-6-7-16(14-17)21(26)22-11-12-25(2)3/h4-10,13-14H,11-12H2,1-3H3,(H,22,26)(H,23,24). The van der Waals surface area contributed by atoms with Gasteiger partial charge in [0.05, 0.1) is 5.52 Å². The number of hydrogen-bond acceptors (Lipinski definition) is 4. The quantitative estimate of drug-likeness (QED) is 0.715. The summed E-state index contributed by atoms with van der Waals surface area (Å²) < 4.78 is 0. The number of nitrogens with one attached hydrogen (secondary N) is 2. The van der Waals surface area contributed by atoms with E-state index in [4.69, 9.17) is 0 Å². The zero-order chi connectivity index (χ0) is 18.5. The van der Waals surface area contributed by atoms with E-state index in [9.17, 15) is 4.79 Å². The topological polar surface area (TPSA) is 57.3 Å². The van der Waals surface area contributed by atoms with Crippen LogP contribution < -0.4 is 10.6 Å². The van der Waals surface area contributed by atoms with Crippen LogP contribution in [0.4, 0.5) is 11.4 Å². The minimum atomic E-state index is -0.0636. The summed E-state index contributed by atoms with van der Waals surface area (Å²) in [4.78, 5) is 18.9. The number of likely N-dealkylation sites (N-methyl/N-ethyl adjacent to an activating group) is 1. The number of anilines is 2. The first-order chi connectivity index (χ1) is 12.5. The number of para-hydroxylation sites is 1. The maximum atomic E-state index is 12.3. The van der Waals surface area contributed by atoms with Crippen LogP contribution in [0, 0.1) is 6.92 Å². The predicted octanol–water partition coefficient (Wildman–Crippen LogP) is 3.58. The van der Waals surface area contributed by atoms with Crippen molar-refractivity contribution in [3.63, 3.8) is 0 Å². The molecule has 0 aliphatic rings. The number of hydrogen-bond donors (Lipinski definition) is 2. The number of benzene rings is 2. The normalized spacial score (nSPS) is 10.9. The number of aryl methyl sites for hydroxylation is 1. The summed E-state index contributed by atoms with van der Waals surface area (Å²) in [7, 11) is 3.97. The summed E-state index contributed by atoms with van der Waals surface area (Å²) in [5, 5.41) is 7.43. The van der Waals surface area contributed by atoms with Crippen LogP contribution in [0.15, 0.2) is 54.6 Å². The van der Waals surface area contributed by atoms with E-state index in [1.165, 1.54) is 0 Å². The van der Waals surface area contributed by atoms with Gasteiger partial charge in [0.1, 0.15) is 0 Å². The molecule has 1 amide bonds. The van der Waals surface area contributed by atoms with Crippen molar-refractivity contribution in [2.75, 3.05) is 32.5 Å². The van der Waals surface area contributed by atoms with Crippen molar-refractivity contribution < 1.29 is 4.79 Å². The highest BCUT2D eigenvalue weighted by Gasteiger charge is 2.08. The molecule has 0 atom stereocenters. The second-order valence-electron chi connectivity index (χ2n) is 6.59. The van der Waals surface area contributed by atoms with Crippen LogP contribution in [0.3, 0.4) is 0 Å². The summed E-state index contributed by atoms with van der Waals surface area (Å²) >= 11 is 0. The molecule has 5 heteroatoms. The van der Waals surface area contributed by atoms with E-state index >= 15 is 0 Å². The molecule has 0 bridgehead atoms. The fraction of sp³-hybridized carbons (Fsp3) is 0.238. The van der Waals surface area contributed by atoms with Crippen molar-refractivity contribution >= 4 is 28.2 Å². The Hall–Kier alpha value is -2.92. The summed E-state index contributed by atoms with van der Waals surface area (Å²) in [5.74, 6) is -0.0636. The molecule has 3 aromatic rings. The molecule has 0 radical (unpaired) electrons. The smallest absolute Gasteiger partial charge is 0.251 e. The third-order valence-electron chi connectivity index (χ3n) is 4.09. The average molecular weight is 348 g/mol. The van der Waals surface area contributed by atoms with Crippen molar-refractivity contribution in [2.45, 2.75) is 6.92 Å². The van der Waals surface area contributed by atoms with Gasteiger partial charge in [-0.3, -0.25) is 9.78 Å². The van der Waals surface area contributed by atoms with Crippen LogP contribution >= 0.6 is 0 Å². The Bertz CT molecular complexity index is 921. The molecule has 0 aliphatic heterocycles. The van der Waals surface area contributed by atoms with E-state index in [1.807, 2.05) is 80.5 Å². The molecule has 0 aliphatic carbocycles. The van der Waals surface area contributed by atoms with Crippen molar-refractivity contribution in [1.29, 1.82) is 0 Å². The van der Waals surface area contributed by atoms with Gasteiger partial charge in [0.2, 0.25) is 0 Å². The summed E-state index contributed by atoms with van der Waals surface area (Å²) in [6.07, 6.45) is 0. The van der Waals surface area contributed by atoms with Crippen LogP contribution in [0.5, 0.6) is 0 Å². The molecule has 0 unspecified atom stereocenters. The lowest BCUT2D eigenvalue weighted by molar-refractivity contribution is 0.0951. The minimum Gasteiger partial charge on any atom is -0.355 e. The van der Waals surface area contributed by atoms with E-state index in [2.05, 4.69) is 15.6 Å². The van der Waals surface area contributed by atoms with Crippen LogP contribution in [-0.4, -0.2) is 43.0 Å². The molecule has 134 valence electrons. The second-order valence-corrected chi connectivity index (χ2v) is 6.59. The molecule has 0 saturated carbocycles. The number of amides is 1. The molecule has 26 heavy (non-hydrogen) atoms. The van der Waals surface area contributed by atoms with E-state index in [1.54, 1.807) is 0 Å². The van der Waals surface area contributed by atoms with Gasteiger partial charge in [0.15, 0.2) is 0 Å². The fourth-order valence-electron chi connectivity index (χ4n) is 2.80. The Morgan fingerprint density at radius 2 is 1.88 bits per heavy atom. The van der Waals surface area contributed by atoms with Crippen LogP contribution in [0.1, 0.15) is 16.1 Å². The van der Waals surface area contributed by atoms with Crippen LogP contribution in [0.25, 0.3) is 10.9 Å². The lowest BCUT2D eigenvalue weighted by Gasteiger charge is -2.13. The van der Waals surface area contributed by atoms with Gasteiger partial charge < -0.3 is 15.5 Å².